The number of carbonyl (C=O) groups is 1. The summed E-state index contributed by atoms with van der Waals surface area (Å²) in [5.74, 6) is -0.185. The second-order valence-electron chi connectivity index (χ2n) is 5.82. The average molecular weight is 278 g/mol. The summed E-state index contributed by atoms with van der Waals surface area (Å²) in [4.78, 5) is 23.9. The molecule has 0 radical (unpaired) electrons. The first-order chi connectivity index (χ1) is 9.41. The van der Waals surface area contributed by atoms with E-state index in [9.17, 15) is 9.59 Å². The Labute approximate surface area is 118 Å². The first-order valence-corrected chi connectivity index (χ1v) is 7.07. The second kappa shape index (κ2) is 5.64. The summed E-state index contributed by atoms with van der Waals surface area (Å²) in [6.07, 6.45) is 2.66. The molecular weight excluding hydrogens is 256 g/mol. The van der Waals surface area contributed by atoms with Crippen molar-refractivity contribution in [1.82, 2.24) is 15.1 Å². The van der Waals surface area contributed by atoms with E-state index in [1.54, 1.807) is 0 Å². The van der Waals surface area contributed by atoms with E-state index in [-0.39, 0.29) is 23.6 Å². The first kappa shape index (κ1) is 14.6. The van der Waals surface area contributed by atoms with Crippen LogP contribution in [-0.4, -0.2) is 27.8 Å². The molecule has 2 heterocycles. The molecule has 1 amide bonds. The third kappa shape index (κ3) is 3.37. The Morgan fingerprint density at radius 1 is 1.55 bits per heavy atom. The molecule has 0 saturated carbocycles. The number of rotatable bonds is 4. The van der Waals surface area contributed by atoms with Gasteiger partial charge in [-0.05, 0) is 33.1 Å². The zero-order valence-electron chi connectivity index (χ0n) is 12.3. The van der Waals surface area contributed by atoms with Gasteiger partial charge < -0.3 is 10.6 Å². The molecule has 110 valence electrons. The summed E-state index contributed by atoms with van der Waals surface area (Å²) < 4.78 is 1.24. The number of fused-ring (bicyclic) bond motifs is 1. The molecule has 20 heavy (non-hydrogen) atoms. The maximum absolute atomic E-state index is 12.0. The van der Waals surface area contributed by atoms with Gasteiger partial charge in [0.1, 0.15) is 6.54 Å². The van der Waals surface area contributed by atoms with Crippen molar-refractivity contribution < 1.29 is 4.79 Å². The van der Waals surface area contributed by atoms with E-state index in [4.69, 9.17) is 0 Å². The average Bonchev–Trinajstić information content (AvgIpc) is 2.39. The van der Waals surface area contributed by atoms with Gasteiger partial charge in [-0.15, -0.1) is 0 Å². The predicted molar refractivity (Wildman–Crippen MR) is 77.8 cm³/mol. The molecule has 0 atom stereocenters. The first-order valence-electron chi connectivity index (χ1n) is 7.07. The van der Waals surface area contributed by atoms with Crippen molar-refractivity contribution in [3.63, 3.8) is 0 Å². The van der Waals surface area contributed by atoms with Crippen LogP contribution in [0.15, 0.2) is 10.9 Å². The minimum atomic E-state index is -0.267. The fraction of sp³-hybridized carbons (Fsp3) is 0.643. The van der Waals surface area contributed by atoms with Gasteiger partial charge in [-0.2, -0.15) is 5.10 Å². The zero-order valence-corrected chi connectivity index (χ0v) is 12.3. The molecule has 1 aromatic heterocycles. The van der Waals surface area contributed by atoms with Crippen LogP contribution < -0.4 is 16.2 Å². The summed E-state index contributed by atoms with van der Waals surface area (Å²) in [7, 11) is 0. The molecule has 0 unspecified atom stereocenters. The van der Waals surface area contributed by atoms with Crippen molar-refractivity contribution >= 4 is 11.6 Å². The maximum Gasteiger partial charge on any atom is 0.269 e. The topological polar surface area (TPSA) is 76.0 Å². The fourth-order valence-electron chi connectivity index (χ4n) is 2.10. The summed E-state index contributed by atoms with van der Waals surface area (Å²) in [6.45, 7) is 6.75. The van der Waals surface area contributed by atoms with Gasteiger partial charge in [-0.25, -0.2) is 4.68 Å². The van der Waals surface area contributed by atoms with E-state index >= 15 is 0 Å². The normalized spacial score (nSPS) is 14.3. The van der Waals surface area contributed by atoms with Crippen LogP contribution in [0.3, 0.4) is 0 Å². The van der Waals surface area contributed by atoms with Gasteiger partial charge in [0.2, 0.25) is 5.91 Å². The molecule has 2 N–H and O–H groups in total. The smallest absolute Gasteiger partial charge is 0.269 e. The highest BCUT2D eigenvalue weighted by molar-refractivity contribution is 5.76. The Morgan fingerprint density at radius 3 is 3.00 bits per heavy atom. The van der Waals surface area contributed by atoms with Crippen LogP contribution in [0.4, 0.5) is 5.69 Å². The molecule has 0 saturated heterocycles. The van der Waals surface area contributed by atoms with E-state index in [0.29, 0.717) is 0 Å². The lowest BCUT2D eigenvalue weighted by Gasteiger charge is -2.24. The number of anilines is 1. The standard InChI is InChI=1S/C14H22N4O2/c1-4-14(2,3)16-12(19)9-18-13(20)8-11-10(17-18)6-5-7-15-11/h8,15H,4-7,9H2,1-3H3,(H,16,19). The number of hydrogen-bond acceptors (Lipinski definition) is 4. The number of aryl methyl sites for hydroxylation is 1. The van der Waals surface area contributed by atoms with E-state index in [2.05, 4.69) is 15.7 Å². The zero-order chi connectivity index (χ0) is 14.8. The van der Waals surface area contributed by atoms with Crippen molar-refractivity contribution in [3.8, 4) is 0 Å². The molecule has 0 aliphatic carbocycles. The number of nitrogens with one attached hydrogen (secondary N) is 2. The Bertz CT molecular complexity index is 563. The summed E-state index contributed by atoms with van der Waals surface area (Å²) in [5, 5.41) is 10.4. The summed E-state index contributed by atoms with van der Waals surface area (Å²) >= 11 is 0. The lowest BCUT2D eigenvalue weighted by Crippen LogP contribution is -2.45. The van der Waals surface area contributed by atoms with Crippen molar-refractivity contribution in [2.24, 2.45) is 0 Å². The van der Waals surface area contributed by atoms with Gasteiger partial charge in [0, 0.05) is 18.2 Å². The fourth-order valence-corrected chi connectivity index (χ4v) is 2.10. The number of hydrogen-bond donors (Lipinski definition) is 2. The highest BCUT2D eigenvalue weighted by Gasteiger charge is 2.19. The summed E-state index contributed by atoms with van der Waals surface area (Å²) in [5.41, 5.74) is 1.14. The van der Waals surface area contributed by atoms with Crippen LogP contribution in [0, 0.1) is 0 Å². The monoisotopic (exact) mass is 278 g/mol. The maximum atomic E-state index is 12.0. The van der Waals surface area contributed by atoms with Crippen LogP contribution in [0.1, 0.15) is 39.3 Å². The highest BCUT2D eigenvalue weighted by Crippen LogP contribution is 2.16. The largest absolute Gasteiger partial charge is 0.383 e. The molecule has 0 aromatic carbocycles. The SMILES string of the molecule is CCC(C)(C)NC(=O)Cn1nc2c(cc1=O)NCCC2. The minimum absolute atomic E-state index is 0.0322. The van der Waals surface area contributed by atoms with Gasteiger partial charge in [-0.1, -0.05) is 6.92 Å². The molecule has 0 spiro atoms. The molecule has 0 bridgehead atoms. The lowest BCUT2D eigenvalue weighted by atomic mass is 10.0. The van der Waals surface area contributed by atoms with Crippen molar-refractivity contribution in [1.29, 1.82) is 0 Å². The van der Waals surface area contributed by atoms with E-state index in [1.165, 1.54) is 10.7 Å². The molecule has 6 heteroatoms. The van der Waals surface area contributed by atoms with E-state index in [1.807, 2.05) is 20.8 Å². The Morgan fingerprint density at radius 2 is 2.30 bits per heavy atom. The summed E-state index contributed by atoms with van der Waals surface area (Å²) in [6, 6.07) is 1.53. The molecule has 2 rings (SSSR count). The quantitative estimate of drug-likeness (QED) is 0.858. The van der Waals surface area contributed by atoms with Crippen molar-refractivity contribution in [2.75, 3.05) is 11.9 Å². The van der Waals surface area contributed by atoms with Crippen molar-refractivity contribution in [3.05, 3.63) is 22.1 Å². The molecular formula is C14H22N4O2. The minimum Gasteiger partial charge on any atom is -0.383 e. The molecule has 0 fully saturated rings. The number of nitrogens with zero attached hydrogens (tertiary/aromatic N) is 2. The highest BCUT2D eigenvalue weighted by atomic mass is 16.2. The van der Waals surface area contributed by atoms with Gasteiger partial charge in [-0.3, -0.25) is 9.59 Å². The van der Waals surface area contributed by atoms with E-state index < -0.39 is 0 Å². The van der Waals surface area contributed by atoms with Gasteiger partial charge >= 0.3 is 0 Å². The third-order valence-electron chi connectivity index (χ3n) is 3.64. The predicted octanol–water partition coefficient (Wildman–Crippen LogP) is 0.906. The van der Waals surface area contributed by atoms with E-state index in [0.717, 1.165) is 37.2 Å². The van der Waals surface area contributed by atoms with Gasteiger partial charge in [0.15, 0.2) is 0 Å². The Hall–Kier alpha value is -1.85. The lowest BCUT2D eigenvalue weighted by molar-refractivity contribution is -0.123. The molecule has 1 aliphatic heterocycles. The second-order valence-corrected chi connectivity index (χ2v) is 5.82. The number of carbonyl (C=O) groups excluding carboxylic acids is 1. The van der Waals surface area contributed by atoms with Crippen LogP contribution in [0.25, 0.3) is 0 Å². The number of amides is 1. The Kier molecular flexibility index (Phi) is 4.11. The van der Waals surface area contributed by atoms with Crippen molar-refractivity contribution in [2.45, 2.75) is 52.1 Å². The molecule has 6 nitrogen and oxygen atoms in total. The number of aromatic nitrogens is 2. The van der Waals surface area contributed by atoms with Crippen LogP contribution in [-0.2, 0) is 17.8 Å². The Balaban J connectivity index is 2.13. The molecule has 1 aliphatic rings. The molecule has 1 aromatic rings. The van der Waals surface area contributed by atoms with Crippen LogP contribution >= 0.6 is 0 Å². The van der Waals surface area contributed by atoms with Crippen LogP contribution in [0.2, 0.25) is 0 Å². The van der Waals surface area contributed by atoms with Gasteiger partial charge in [0.25, 0.3) is 5.56 Å². The third-order valence-corrected chi connectivity index (χ3v) is 3.64. The van der Waals surface area contributed by atoms with Crippen LogP contribution in [0.5, 0.6) is 0 Å². The van der Waals surface area contributed by atoms with Gasteiger partial charge in [0.05, 0.1) is 11.4 Å².